The molecule has 30 heavy (non-hydrogen) atoms. The number of benzene rings is 2. The smallest absolute Gasteiger partial charge is 0.289 e. The molecule has 2 aliphatic heterocycles. The van der Waals surface area contributed by atoms with Gasteiger partial charge in [0.1, 0.15) is 5.58 Å². The minimum atomic E-state index is 0.00933. The highest BCUT2D eigenvalue weighted by molar-refractivity contribution is 6.30. The minimum absolute atomic E-state index is 0.00933. The summed E-state index contributed by atoms with van der Waals surface area (Å²) in [4.78, 5) is 19.9. The molecule has 0 N–H and O–H groups in total. The van der Waals surface area contributed by atoms with Crippen molar-refractivity contribution in [2.75, 3.05) is 39.3 Å². The van der Waals surface area contributed by atoms with E-state index in [2.05, 4.69) is 21.9 Å². The average Bonchev–Trinajstić information content (AvgIpc) is 3.43. The SMILES string of the molecule is O=C(c1cc2ccccc2o1)N1CC[C@H](N2CCN(Cc3ccc(Cl)cc3)CC2)C1. The second-order valence-corrected chi connectivity index (χ2v) is 8.72. The number of carbonyl (C=O) groups is 1. The Bertz CT molecular complexity index is 991. The predicted octanol–water partition coefficient (Wildman–Crippen LogP) is 4.12. The third-order valence-electron chi connectivity index (χ3n) is 6.33. The van der Waals surface area contributed by atoms with Crippen LogP contribution in [0.2, 0.25) is 5.02 Å². The summed E-state index contributed by atoms with van der Waals surface area (Å²) >= 11 is 5.99. The van der Waals surface area contributed by atoms with Crippen LogP contribution in [0.1, 0.15) is 22.5 Å². The number of hydrogen-bond donors (Lipinski definition) is 0. The first-order valence-corrected chi connectivity index (χ1v) is 11.0. The van der Waals surface area contributed by atoms with E-state index in [1.54, 1.807) is 0 Å². The number of fused-ring (bicyclic) bond motifs is 1. The van der Waals surface area contributed by atoms with Gasteiger partial charge in [-0.2, -0.15) is 0 Å². The van der Waals surface area contributed by atoms with Crippen molar-refractivity contribution >= 4 is 28.5 Å². The first-order chi connectivity index (χ1) is 14.7. The highest BCUT2D eigenvalue weighted by Crippen LogP contribution is 2.24. The molecule has 2 saturated heterocycles. The largest absolute Gasteiger partial charge is 0.451 e. The van der Waals surface area contributed by atoms with Gasteiger partial charge in [-0.1, -0.05) is 41.9 Å². The van der Waals surface area contributed by atoms with Crippen molar-refractivity contribution < 1.29 is 9.21 Å². The highest BCUT2D eigenvalue weighted by atomic mass is 35.5. The zero-order valence-corrected chi connectivity index (χ0v) is 17.7. The molecule has 156 valence electrons. The van der Waals surface area contributed by atoms with E-state index in [1.807, 2.05) is 47.4 Å². The summed E-state index contributed by atoms with van der Waals surface area (Å²) in [6.45, 7) is 6.74. The molecule has 0 aliphatic carbocycles. The molecule has 3 aromatic rings. The standard InChI is InChI=1S/C24H26ClN3O2/c25-20-7-5-18(6-8-20)16-26-11-13-27(14-12-26)21-9-10-28(17-21)24(29)23-15-19-3-1-2-4-22(19)30-23/h1-8,15,21H,9-14,16-17H2/t21-/m0/s1. The van der Waals surface area contributed by atoms with Gasteiger partial charge in [-0.3, -0.25) is 14.6 Å². The van der Waals surface area contributed by atoms with Gasteiger partial charge in [0.05, 0.1) is 0 Å². The third kappa shape index (κ3) is 4.10. The molecule has 5 rings (SSSR count). The molecule has 2 fully saturated rings. The second-order valence-electron chi connectivity index (χ2n) is 8.28. The van der Waals surface area contributed by atoms with Crippen LogP contribution in [0.15, 0.2) is 59.0 Å². The summed E-state index contributed by atoms with van der Waals surface area (Å²) in [5.74, 6) is 0.458. The van der Waals surface area contributed by atoms with E-state index in [0.717, 1.165) is 68.2 Å². The highest BCUT2D eigenvalue weighted by Gasteiger charge is 2.33. The summed E-state index contributed by atoms with van der Waals surface area (Å²) in [6.07, 6.45) is 1.03. The number of para-hydroxylation sites is 1. The van der Waals surface area contributed by atoms with E-state index < -0.39 is 0 Å². The molecule has 5 nitrogen and oxygen atoms in total. The van der Waals surface area contributed by atoms with Crippen LogP contribution in [-0.2, 0) is 6.54 Å². The Morgan fingerprint density at radius 1 is 1.00 bits per heavy atom. The molecule has 6 heteroatoms. The molecule has 1 aromatic heterocycles. The Balaban J connectivity index is 1.14. The number of rotatable bonds is 4. The summed E-state index contributed by atoms with van der Waals surface area (Å²) in [6, 6.07) is 18.2. The number of amides is 1. The lowest BCUT2D eigenvalue weighted by Crippen LogP contribution is -2.50. The molecule has 0 spiro atoms. The first-order valence-electron chi connectivity index (χ1n) is 10.6. The van der Waals surface area contributed by atoms with Crippen molar-refractivity contribution in [2.45, 2.75) is 19.0 Å². The normalized spacial score (nSPS) is 20.8. The molecule has 0 bridgehead atoms. The molecule has 3 heterocycles. The van der Waals surface area contributed by atoms with Gasteiger partial charge in [-0.15, -0.1) is 0 Å². The van der Waals surface area contributed by atoms with Gasteiger partial charge < -0.3 is 9.32 Å². The quantitative estimate of drug-likeness (QED) is 0.633. The van der Waals surface area contributed by atoms with Crippen molar-refractivity contribution in [1.82, 2.24) is 14.7 Å². The lowest BCUT2D eigenvalue weighted by molar-refractivity contribution is 0.0710. The van der Waals surface area contributed by atoms with Gasteiger partial charge in [0.2, 0.25) is 0 Å². The molecular formula is C24H26ClN3O2. The van der Waals surface area contributed by atoms with E-state index in [9.17, 15) is 4.79 Å². The van der Waals surface area contributed by atoms with Crippen LogP contribution >= 0.6 is 11.6 Å². The number of likely N-dealkylation sites (tertiary alicyclic amines) is 1. The van der Waals surface area contributed by atoms with Crippen molar-refractivity contribution in [3.05, 3.63) is 70.9 Å². The van der Waals surface area contributed by atoms with Crippen molar-refractivity contribution in [3.63, 3.8) is 0 Å². The number of hydrogen-bond acceptors (Lipinski definition) is 4. The first kappa shape index (κ1) is 19.6. The fraction of sp³-hybridized carbons (Fsp3) is 0.375. The fourth-order valence-electron chi connectivity index (χ4n) is 4.60. The van der Waals surface area contributed by atoms with Crippen LogP contribution in [0.4, 0.5) is 0 Å². The van der Waals surface area contributed by atoms with E-state index in [-0.39, 0.29) is 5.91 Å². The van der Waals surface area contributed by atoms with Crippen molar-refractivity contribution in [2.24, 2.45) is 0 Å². The van der Waals surface area contributed by atoms with Gasteiger partial charge >= 0.3 is 0 Å². The lowest BCUT2D eigenvalue weighted by atomic mass is 10.1. The van der Waals surface area contributed by atoms with E-state index in [4.69, 9.17) is 16.0 Å². The van der Waals surface area contributed by atoms with E-state index in [0.29, 0.717) is 11.8 Å². The van der Waals surface area contributed by atoms with Crippen LogP contribution < -0.4 is 0 Å². The maximum Gasteiger partial charge on any atom is 0.289 e. The molecular weight excluding hydrogens is 398 g/mol. The van der Waals surface area contributed by atoms with Crippen molar-refractivity contribution in [3.8, 4) is 0 Å². The topological polar surface area (TPSA) is 39.9 Å². The fourth-order valence-corrected chi connectivity index (χ4v) is 4.73. The van der Waals surface area contributed by atoms with Crippen molar-refractivity contribution in [1.29, 1.82) is 0 Å². The summed E-state index contributed by atoms with van der Waals surface area (Å²) in [5, 5.41) is 1.76. The second kappa shape index (κ2) is 8.42. The minimum Gasteiger partial charge on any atom is -0.451 e. The Hall–Kier alpha value is -2.34. The zero-order chi connectivity index (χ0) is 20.5. The number of furan rings is 1. The Morgan fingerprint density at radius 2 is 1.77 bits per heavy atom. The van der Waals surface area contributed by atoms with Crippen LogP contribution in [0, 0.1) is 0 Å². The zero-order valence-electron chi connectivity index (χ0n) is 17.0. The Kier molecular flexibility index (Phi) is 5.50. The maximum atomic E-state index is 12.9. The number of halogens is 1. The molecule has 2 aliphatic rings. The van der Waals surface area contributed by atoms with Gasteiger partial charge in [-0.25, -0.2) is 0 Å². The summed E-state index contributed by atoms with van der Waals surface area (Å²) in [7, 11) is 0. The number of piperazine rings is 1. The summed E-state index contributed by atoms with van der Waals surface area (Å²) < 4.78 is 5.78. The molecule has 0 radical (unpaired) electrons. The van der Waals surface area contributed by atoms with Crippen LogP contribution in [0.25, 0.3) is 11.0 Å². The molecule has 1 atom stereocenters. The van der Waals surface area contributed by atoms with E-state index >= 15 is 0 Å². The monoisotopic (exact) mass is 423 g/mol. The molecule has 0 saturated carbocycles. The lowest BCUT2D eigenvalue weighted by Gasteiger charge is -2.38. The molecule has 2 aromatic carbocycles. The average molecular weight is 424 g/mol. The number of nitrogens with zero attached hydrogens (tertiary/aromatic N) is 3. The number of carbonyl (C=O) groups excluding carboxylic acids is 1. The van der Waals surface area contributed by atoms with Crippen LogP contribution in [-0.4, -0.2) is 65.9 Å². The molecule has 1 amide bonds. The summed E-state index contributed by atoms with van der Waals surface area (Å²) in [5.41, 5.74) is 2.07. The van der Waals surface area contributed by atoms with Gasteiger partial charge in [-0.05, 0) is 36.2 Å². The predicted molar refractivity (Wildman–Crippen MR) is 119 cm³/mol. The van der Waals surface area contributed by atoms with Gasteiger partial charge in [0, 0.05) is 62.3 Å². The van der Waals surface area contributed by atoms with Gasteiger partial charge in [0.15, 0.2) is 5.76 Å². The Morgan fingerprint density at radius 3 is 2.53 bits per heavy atom. The van der Waals surface area contributed by atoms with Crippen LogP contribution in [0.3, 0.4) is 0 Å². The van der Waals surface area contributed by atoms with Crippen LogP contribution in [0.5, 0.6) is 0 Å². The Labute approximate surface area is 181 Å². The van der Waals surface area contributed by atoms with E-state index in [1.165, 1.54) is 5.56 Å². The third-order valence-corrected chi connectivity index (χ3v) is 6.58. The maximum absolute atomic E-state index is 12.9. The molecule has 0 unspecified atom stereocenters. The van der Waals surface area contributed by atoms with Gasteiger partial charge in [0.25, 0.3) is 5.91 Å².